The molecule has 1 N–H and O–H groups in total. The normalized spacial score (nSPS) is 22.1. The van der Waals surface area contributed by atoms with E-state index < -0.39 is 0 Å². The highest BCUT2D eigenvalue weighted by atomic mass is 32.1. The topological polar surface area (TPSA) is 37.4 Å². The number of rotatable bonds is 7. The van der Waals surface area contributed by atoms with Gasteiger partial charge in [-0.1, -0.05) is 13.8 Å². The van der Waals surface area contributed by atoms with E-state index in [9.17, 15) is 0 Å². The van der Waals surface area contributed by atoms with Crippen molar-refractivity contribution in [1.29, 1.82) is 0 Å². The quantitative estimate of drug-likeness (QED) is 0.836. The highest BCUT2D eigenvalue weighted by Crippen LogP contribution is 2.15. The van der Waals surface area contributed by atoms with Gasteiger partial charge in [0.15, 0.2) is 0 Å². The smallest absolute Gasteiger partial charge is 0.0897 e. The van der Waals surface area contributed by atoms with Gasteiger partial charge in [0.05, 0.1) is 23.4 Å². The average molecular weight is 297 g/mol. The van der Waals surface area contributed by atoms with E-state index in [0.29, 0.717) is 6.04 Å². The molecule has 0 spiro atoms. The van der Waals surface area contributed by atoms with E-state index >= 15 is 0 Å². The van der Waals surface area contributed by atoms with Crippen LogP contribution < -0.4 is 5.32 Å². The second kappa shape index (κ2) is 8.08. The molecule has 0 amide bonds. The van der Waals surface area contributed by atoms with Gasteiger partial charge in [0.2, 0.25) is 0 Å². The monoisotopic (exact) mass is 297 g/mol. The Hall–Kier alpha value is -0.490. The lowest BCUT2D eigenvalue weighted by molar-refractivity contribution is -0.0460. The number of thiazole rings is 1. The van der Waals surface area contributed by atoms with E-state index in [1.54, 1.807) is 11.3 Å². The second-order valence-corrected chi connectivity index (χ2v) is 6.50. The molecule has 1 aromatic rings. The first-order valence-electron chi connectivity index (χ1n) is 7.71. The molecule has 0 bridgehead atoms. The van der Waals surface area contributed by atoms with Crippen LogP contribution in [0.3, 0.4) is 0 Å². The Labute approximate surface area is 126 Å². The molecule has 20 heavy (non-hydrogen) atoms. The standard InChI is InChI=1S/C15H27N3OS/c1-4-6-18-7-8-19-15(10-18)14(16-5-2)9-13-11-20-12(3)17-13/h11,14-16H,4-10H2,1-3H3. The number of hydrogen-bond acceptors (Lipinski definition) is 5. The van der Waals surface area contributed by atoms with Crippen LogP contribution in [0.1, 0.15) is 31.0 Å². The SMILES string of the molecule is CCCN1CCOC(C(Cc2csc(C)n2)NCC)C1. The van der Waals surface area contributed by atoms with Crippen LogP contribution in [0.5, 0.6) is 0 Å². The Bertz CT molecular complexity index is 394. The van der Waals surface area contributed by atoms with Crippen molar-refractivity contribution < 1.29 is 4.74 Å². The maximum absolute atomic E-state index is 6.02. The zero-order chi connectivity index (χ0) is 14.4. The van der Waals surface area contributed by atoms with Crippen LogP contribution in [-0.4, -0.2) is 54.8 Å². The maximum atomic E-state index is 6.02. The molecule has 2 unspecified atom stereocenters. The van der Waals surface area contributed by atoms with Crippen LogP contribution in [0.25, 0.3) is 0 Å². The fourth-order valence-corrected chi connectivity index (χ4v) is 3.44. The van der Waals surface area contributed by atoms with Crippen molar-refractivity contribution in [3.05, 3.63) is 16.1 Å². The summed E-state index contributed by atoms with van der Waals surface area (Å²) < 4.78 is 6.02. The molecule has 114 valence electrons. The molecule has 0 aliphatic carbocycles. The van der Waals surface area contributed by atoms with Gasteiger partial charge in [0, 0.05) is 30.9 Å². The molecule has 4 nitrogen and oxygen atoms in total. The lowest BCUT2D eigenvalue weighted by atomic mass is 10.0. The second-order valence-electron chi connectivity index (χ2n) is 5.44. The van der Waals surface area contributed by atoms with Gasteiger partial charge in [-0.25, -0.2) is 4.98 Å². The molecular weight excluding hydrogens is 270 g/mol. The lowest BCUT2D eigenvalue weighted by Crippen LogP contribution is -2.53. The van der Waals surface area contributed by atoms with Gasteiger partial charge in [0.25, 0.3) is 0 Å². The molecule has 1 aliphatic heterocycles. The maximum Gasteiger partial charge on any atom is 0.0897 e. The Morgan fingerprint density at radius 3 is 3.05 bits per heavy atom. The summed E-state index contributed by atoms with van der Waals surface area (Å²) in [5.74, 6) is 0. The number of aromatic nitrogens is 1. The van der Waals surface area contributed by atoms with Crippen LogP contribution >= 0.6 is 11.3 Å². The van der Waals surface area contributed by atoms with Crippen molar-refractivity contribution >= 4 is 11.3 Å². The third-order valence-electron chi connectivity index (χ3n) is 3.73. The van der Waals surface area contributed by atoms with Crippen molar-refractivity contribution in [2.75, 3.05) is 32.8 Å². The molecule has 0 radical (unpaired) electrons. The summed E-state index contributed by atoms with van der Waals surface area (Å²) in [7, 11) is 0. The first-order valence-corrected chi connectivity index (χ1v) is 8.59. The molecule has 5 heteroatoms. The Morgan fingerprint density at radius 1 is 1.55 bits per heavy atom. The molecular formula is C15H27N3OS. The Kier molecular flexibility index (Phi) is 6.42. The molecule has 1 saturated heterocycles. The van der Waals surface area contributed by atoms with Crippen LogP contribution in [0.15, 0.2) is 5.38 Å². The van der Waals surface area contributed by atoms with Gasteiger partial charge < -0.3 is 10.1 Å². The first-order chi connectivity index (χ1) is 9.72. The fraction of sp³-hybridized carbons (Fsp3) is 0.800. The molecule has 0 saturated carbocycles. The summed E-state index contributed by atoms with van der Waals surface area (Å²) in [4.78, 5) is 7.11. The fourth-order valence-electron chi connectivity index (χ4n) is 2.82. The number of aryl methyl sites for hydroxylation is 1. The molecule has 1 fully saturated rings. The van der Waals surface area contributed by atoms with Gasteiger partial charge in [-0.3, -0.25) is 4.90 Å². The molecule has 0 aromatic carbocycles. The van der Waals surface area contributed by atoms with Crippen LogP contribution in [0, 0.1) is 6.92 Å². The average Bonchev–Trinajstić information content (AvgIpc) is 2.84. The van der Waals surface area contributed by atoms with E-state index in [1.165, 1.54) is 18.7 Å². The summed E-state index contributed by atoms with van der Waals surface area (Å²) in [5, 5.41) is 6.90. The van der Waals surface area contributed by atoms with Crippen LogP contribution in [0.4, 0.5) is 0 Å². The molecule has 2 atom stereocenters. The first kappa shape index (κ1) is 15.9. The molecule has 1 aromatic heterocycles. The minimum atomic E-state index is 0.275. The highest BCUT2D eigenvalue weighted by molar-refractivity contribution is 7.09. The molecule has 2 rings (SSSR count). The van der Waals surface area contributed by atoms with Crippen LogP contribution in [-0.2, 0) is 11.2 Å². The van der Waals surface area contributed by atoms with Gasteiger partial charge in [-0.15, -0.1) is 11.3 Å². The predicted molar refractivity (Wildman–Crippen MR) is 84.5 cm³/mol. The van der Waals surface area contributed by atoms with Gasteiger partial charge in [-0.2, -0.15) is 0 Å². The van der Waals surface area contributed by atoms with Crippen molar-refractivity contribution in [3.63, 3.8) is 0 Å². The minimum absolute atomic E-state index is 0.275. The van der Waals surface area contributed by atoms with Gasteiger partial charge in [-0.05, 0) is 26.4 Å². The zero-order valence-corrected chi connectivity index (χ0v) is 13.7. The van der Waals surface area contributed by atoms with Crippen LogP contribution in [0.2, 0.25) is 0 Å². The summed E-state index contributed by atoms with van der Waals surface area (Å²) in [6, 6.07) is 0.362. The highest BCUT2D eigenvalue weighted by Gasteiger charge is 2.28. The van der Waals surface area contributed by atoms with E-state index in [1.807, 2.05) is 0 Å². The number of hydrogen-bond donors (Lipinski definition) is 1. The lowest BCUT2D eigenvalue weighted by Gasteiger charge is -2.37. The van der Waals surface area contributed by atoms with Crippen molar-refractivity contribution in [3.8, 4) is 0 Å². The molecule has 2 heterocycles. The summed E-state index contributed by atoms with van der Waals surface area (Å²) in [6.07, 6.45) is 2.45. The van der Waals surface area contributed by atoms with Crippen molar-refractivity contribution in [2.24, 2.45) is 0 Å². The Balaban J connectivity index is 1.96. The number of nitrogens with one attached hydrogen (secondary N) is 1. The summed E-state index contributed by atoms with van der Waals surface area (Å²) >= 11 is 1.73. The van der Waals surface area contributed by atoms with Gasteiger partial charge >= 0.3 is 0 Å². The van der Waals surface area contributed by atoms with E-state index in [-0.39, 0.29) is 6.10 Å². The number of nitrogens with zero attached hydrogens (tertiary/aromatic N) is 2. The molecule has 1 aliphatic rings. The minimum Gasteiger partial charge on any atom is -0.374 e. The number of morpholine rings is 1. The summed E-state index contributed by atoms with van der Waals surface area (Å²) in [6.45, 7) is 11.6. The van der Waals surface area contributed by atoms with Crippen molar-refractivity contribution in [1.82, 2.24) is 15.2 Å². The van der Waals surface area contributed by atoms with E-state index in [4.69, 9.17) is 4.74 Å². The largest absolute Gasteiger partial charge is 0.374 e. The zero-order valence-electron chi connectivity index (χ0n) is 12.9. The van der Waals surface area contributed by atoms with E-state index in [2.05, 4.69) is 41.4 Å². The predicted octanol–water partition coefficient (Wildman–Crippen LogP) is 2.08. The number of ether oxygens (including phenoxy) is 1. The third kappa shape index (κ3) is 4.52. The van der Waals surface area contributed by atoms with E-state index in [0.717, 1.165) is 37.7 Å². The summed E-state index contributed by atoms with van der Waals surface area (Å²) in [5.41, 5.74) is 1.19. The third-order valence-corrected chi connectivity index (χ3v) is 4.55. The Morgan fingerprint density at radius 2 is 2.40 bits per heavy atom. The van der Waals surface area contributed by atoms with Crippen molar-refractivity contribution in [2.45, 2.75) is 45.8 Å². The number of likely N-dealkylation sites (N-methyl/N-ethyl adjacent to an activating group) is 1. The van der Waals surface area contributed by atoms with Gasteiger partial charge in [0.1, 0.15) is 0 Å².